The summed E-state index contributed by atoms with van der Waals surface area (Å²) in [6, 6.07) is -0.210. The maximum absolute atomic E-state index is 12.1. The van der Waals surface area contributed by atoms with Crippen molar-refractivity contribution in [3.05, 3.63) is 0 Å². The van der Waals surface area contributed by atoms with E-state index in [4.69, 9.17) is 5.11 Å². The molecule has 18 heavy (non-hydrogen) atoms. The maximum atomic E-state index is 12.1. The summed E-state index contributed by atoms with van der Waals surface area (Å²) in [6.07, 6.45) is -0.0415. The fraction of sp³-hybridized carbons (Fsp3) is 0.846. The molecule has 0 aromatic carbocycles. The maximum Gasteiger partial charge on any atom is 0.317 e. The number of amides is 2. The molecule has 5 heteroatoms. The van der Waals surface area contributed by atoms with Crippen molar-refractivity contribution in [2.75, 3.05) is 13.1 Å². The number of carbonyl (C=O) groups excluding carboxylic acids is 1. The first-order chi connectivity index (χ1) is 7.93. The van der Waals surface area contributed by atoms with Gasteiger partial charge in [-0.3, -0.25) is 4.79 Å². The van der Waals surface area contributed by atoms with Gasteiger partial charge in [0.2, 0.25) is 0 Å². The van der Waals surface area contributed by atoms with E-state index in [2.05, 4.69) is 5.32 Å². The van der Waals surface area contributed by atoms with E-state index in [9.17, 15) is 9.59 Å². The number of rotatable bonds is 4. The highest BCUT2D eigenvalue weighted by Crippen LogP contribution is 2.15. The monoisotopic (exact) mass is 258 g/mol. The number of hydrogen-bond acceptors (Lipinski definition) is 2. The van der Waals surface area contributed by atoms with Gasteiger partial charge < -0.3 is 15.3 Å². The predicted octanol–water partition coefficient (Wildman–Crippen LogP) is 2.32. The normalized spacial score (nSPS) is 12.1. The quantitative estimate of drug-likeness (QED) is 0.813. The number of aliphatic carboxylic acids is 1. The third-order valence-corrected chi connectivity index (χ3v) is 2.37. The summed E-state index contributed by atoms with van der Waals surface area (Å²) in [5, 5.41) is 11.6. The third kappa shape index (κ3) is 7.14. The highest BCUT2D eigenvalue weighted by Gasteiger charge is 2.27. The van der Waals surface area contributed by atoms with Crippen LogP contribution in [-0.2, 0) is 4.79 Å². The van der Waals surface area contributed by atoms with Crippen molar-refractivity contribution in [3.63, 3.8) is 0 Å². The average molecular weight is 258 g/mol. The van der Waals surface area contributed by atoms with Gasteiger partial charge in [0.05, 0.1) is 6.42 Å². The van der Waals surface area contributed by atoms with Gasteiger partial charge in [0.25, 0.3) is 0 Å². The Balaban J connectivity index is 4.56. The first-order valence-corrected chi connectivity index (χ1v) is 6.21. The molecule has 2 N–H and O–H groups in total. The van der Waals surface area contributed by atoms with E-state index in [1.165, 1.54) is 0 Å². The Kier molecular flexibility index (Phi) is 5.64. The minimum atomic E-state index is -0.895. The van der Waals surface area contributed by atoms with Crippen LogP contribution in [0, 0.1) is 5.41 Å². The lowest BCUT2D eigenvalue weighted by Crippen LogP contribution is -2.52. The van der Waals surface area contributed by atoms with E-state index in [1.807, 2.05) is 41.5 Å². The Morgan fingerprint density at radius 3 is 1.94 bits per heavy atom. The van der Waals surface area contributed by atoms with Gasteiger partial charge in [-0.25, -0.2) is 4.79 Å². The Bertz CT molecular complexity index is 300. The van der Waals surface area contributed by atoms with Crippen LogP contribution in [0.4, 0.5) is 4.79 Å². The molecular weight excluding hydrogens is 232 g/mol. The van der Waals surface area contributed by atoms with Gasteiger partial charge in [0.15, 0.2) is 0 Å². The molecule has 106 valence electrons. The van der Waals surface area contributed by atoms with E-state index in [1.54, 1.807) is 4.90 Å². The molecule has 5 nitrogen and oxygen atoms in total. The van der Waals surface area contributed by atoms with Gasteiger partial charge in [-0.2, -0.15) is 0 Å². The summed E-state index contributed by atoms with van der Waals surface area (Å²) in [5.74, 6) is -0.895. The fourth-order valence-corrected chi connectivity index (χ4v) is 1.39. The highest BCUT2D eigenvalue weighted by molar-refractivity contribution is 5.76. The number of urea groups is 1. The SMILES string of the molecule is CC(C)(C)CNC(=O)N(CCC(=O)O)C(C)(C)C. The van der Waals surface area contributed by atoms with E-state index >= 15 is 0 Å². The van der Waals surface area contributed by atoms with Crippen molar-refractivity contribution in [1.29, 1.82) is 0 Å². The summed E-state index contributed by atoms with van der Waals surface area (Å²) < 4.78 is 0. The molecule has 0 bridgehead atoms. The number of hydrogen-bond donors (Lipinski definition) is 2. The van der Waals surface area contributed by atoms with Gasteiger partial charge in [0.1, 0.15) is 0 Å². The van der Waals surface area contributed by atoms with Crippen LogP contribution in [-0.4, -0.2) is 40.6 Å². The van der Waals surface area contributed by atoms with Crippen molar-refractivity contribution in [1.82, 2.24) is 10.2 Å². The number of carbonyl (C=O) groups is 2. The van der Waals surface area contributed by atoms with E-state index in [0.29, 0.717) is 6.54 Å². The first kappa shape index (κ1) is 16.7. The van der Waals surface area contributed by atoms with Crippen molar-refractivity contribution >= 4 is 12.0 Å². The van der Waals surface area contributed by atoms with Gasteiger partial charge >= 0.3 is 12.0 Å². The molecule has 0 aliphatic heterocycles. The van der Waals surface area contributed by atoms with Crippen LogP contribution < -0.4 is 5.32 Å². The van der Waals surface area contributed by atoms with E-state index < -0.39 is 11.5 Å². The van der Waals surface area contributed by atoms with Crippen molar-refractivity contribution < 1.29 is 14.7 Å². The molecule has 0 heterocycles. The highest BCUT2D eigenvalue weighted by atomic mass is 16.4. The summed E-state index contributed by atoms with van der Waals surface area (Å²) in [6.45, 7) is 12.6. The lowest BCUT2D eigenvalue weighted by molar-refractivity contribution is -0.137. The Labute approximate surface area is 110 Å². The molecule has 0 aliphatic carbocycles. The molecule has 0 aromatic heterocycles. The van der Waals surface area contributed by atoms with E-state index in [0.717, 1.165) is 0 Å². The smallest absolute Gasteiger partial charge is 0.317 e. The molecule has 2 amide bonds. The van der Waals surface area contributed by atoms with Crippen molar-refractivity contribution in [3.8, 4) is 0 Å². The zero-order valence-corrected chi connectivity index (χ0v) is 12.3. The number of nitrogens with zero attached hydrogens (tertiary/aromatic N) is 1. The minimum Gasteiger partial charge on any atom is -0.481 e. The second-order valence-corrected chi connectivity index (χ2v) is 6.69. The van der Waals surface area contributed by atoms with E-state index in [-0.39, 0.29) is 24.4 Å². The van der Waals surface area contributed by atoms with Crippen molar-refractivity contribution in [2.45, 2.75) is 53.5 Å². The Morgan fingerprint density at radius 2 is 1.61 bits per heavy atom. The van der Waals surface area contributed by atoms with Crippen molar-refractivity contribution in [2.24, 2.45) is 5.41 Å². The Hall–Kier alpha value is -1.26. The molecule has 0 aliphatic rings. The van der Waals surface area contributed by atoms with Crippen LogP contribution in [0.5, 0.6) is 0 Å². The van der Waals surface area contributed by atoms with Crippen LogP contribution >= 0.6 is 0 Å². The van der Waals surface area contributed by atoms with Crippen LogP contribution in [0.3, 0.4) is 0 Å². The topological polar surface area (TPSA) is 69.6 Å². The zero-order chi connectivity index (χ0) is 14.6. The molecule has 0 aromatic rings. The minimum absolute atomic E-state index is 0.00596. The second-order valence-electron chi connectivity index (χ2n) is 6.69. The van der Waals surface area contributed by atoms with Gasteiger partial charge in [0, 0.05) is 18.6 Å². The summed E-state index contributed by atoms with van der Waals surface area (Å²) in [4.78, 5) is 24.2. The molecule has 0 saturated heterocycles. The van der Waals surface area contributed by atoms with Gasteiger partial charge in [-0.15, -0.1) is 0 Å². The largest absolute Gasteiger partial charge is 0.481 e. The standard InChI is InChI=1S/C13H26N2O3/c1-12(2,3)9-14-11(18)15(13(4,5)6)8-7-10(16)17/h7-9H2,1-6H3,(H,14,18)(H,16,17). The molecule has 0 radical (unpaired) electrons. The molecule has 0 saturated carbocycles. The van der Waals surface area contributed by atoms with Gasteiger partial charge in [-0.05, 0) is 26.2 Å². The van der Waals surface area contributed by atoms with Crippen LogP contribution in [0.2, 0.25) is 0 Å². The second kappa shape index (κ2) is 6.07. The number of carboxylic acid groups (broad SMARTS) is 1. The van der Waals surface area contributed by atoms with Crippen LogP contribution in [0.1, 0.15) is 48.0 Å². The Morgan fingerprint density at radius 1 is 1.11 bits per heavy atom. The fourth-order valence-electron chi connectivity index (χ4n) is 1.39. The zero-order valence-electron chi connectivity index (χ0n) is 12.3. The number of nitrogens with one attached hydrogen (secondary N) is 1. The van der Waals surface area contributed by atoms with Gasteiger partial charge in [-0.1, -0.05) is 20.8 Å². The molecule has 0 rings (SSSR count). The van der Waals surface area contributed by atoms with Crippen LogP contribution in [0.25, 0.3) is 0 Å². The molecule has 0 spiro atoms. The molecular formula is C13H26N2O3. The average Bonchev–Trinajstić information content (AvgIpc) is 2.11. The predicted molar refractivity (Wildman–Crippen MR) is 71.6 cm³/mol. The van der Waals surface area contributed by atoms with Crippen LogP contribution in [0.15, 0.2) is 0 Å². The third-order valence-electron chi connectivity index (χ3n) is 2.37. The number of carboxylic acids is 1. The lowest BCUT2D eigenvalue weighted by Gasteiger charge is -2.36. The molecule has 0 atom stereocenters. The summed E-state index contributed by atoms with van der Waals surface area (Å²) >= 11 is 0. The molecule has 0 fully saturated rings. The summed E-state index contributed by atoms with van der Waals surface area (Å²) in [7, 11) is 0. The first-order valence-electron chi connectivity index (χ1n) is 6.21. The molecule has 0 unspecified atom stereocenters. The lowest BCUT2D eigenvalue weighted by atomic mass is 9.97. The summed E-state index contributed by atoms with van der Waals surface area (Å²) in [5.41, 5.74) is -0.385.